The molecule has 1 amide bonds. The molecule has 1 N–H and O–H groups in total. The second-order valence-electron chi connectivity index (χ2n) is 7.56. The molecule has 156 valence electrons. The van der Waals surface area contributed by atoms with E-state index in [2.05, 4.69) is 10.2 Å². The molecule has 9 heteroatoms. The summed E-state index contributed by atoms with van der Waals surface area (Å²) in [4.78, 5) is 37.8. The fraction of sp³-hybridized carbons (Fsp3) is 0.333. The maximum atomic E-state index is 12.9. The third-order valence-electron chi connectivity index (χ3n) is 5.67. The first kappa shape index (κ1) is 19.7. The summed E-state index contributed by atoms with van der Waals surface area (Å²) in [6, 6.07) is 9.27. The number of nitro benzene ring substituents is 1. The smallest absolute Gasteiger partial charge is 0.328 e. The Morgan fingerprint density at radius 2 is 1.60 bits per heavy atom. The Balaban J connectivity index is 1.75. The lowest BCUT2D eigenvalue weighted by Gasteiger charge is -2.30. The average molecular weight is 409 g/mol. The highest BCUT2D eigenvalue weighted by Gasteiger charge is 2.20. The van der Waals surface area contributed by atoms with Gasteiger partial charge in [-0.05, 0) is 43.5 Å². The van der Waals surface area contributed by atoms with E-state index in [-0.39, 0.29) is 17.3 Å². The second kappa shape index (κ2) is 7.66. The normalized spacial score (nSPS) is 14.1. The van der Waals surface area contributed by atoms with Crippen LogP contribution in [0.25, 0.3) is 11.0 Å². The number of hydrogen-bond donors (Lipinski definition) is 1. The van der Waals surface area contributed by atoms with Gasteiger partial charge in [-0.15, -0.1) is 0 Å². The van der Waals surface area contributed by atoms with Crippen LogP contribution in [0.3, 0.4) is 0 Å². The number of amides is 1. The Hall–Kier alpha value is -3.62. The van der Waals surface area contributed by atoms with Crippen LogP contribution in [0.5, 0.6) is 0 Å². The number of non-ortho nitro benzene ring substituents is 1. The number of piperidine rings is 1. The molecular weight excluding hydrogens is 386 g/mol. The fourth-order valence-corrected chi connectivity index (χ4v) is 3.96. The van der Waals surface area contributed by atoms with Gasteiger partial charge in [-0.3, -0.25) is 24.0 Å². The number of carbonyl (C=O) groups is 1. The van der Waals surface area contributed by atoms with E-state index in [4.69, 9.17) is 0 Å². The second-order valence-corrected chi connectivity index (χ2v) is 7.56. The molecule has 0 saturated carbocycles. The lowest BCUT2D eigenvalue weighted by atomic mass is 10.1. The molecule has 2 heterocycles. The summed E-state index contributed by atoms with van der Waals surface area (Å²) < 4.78 is 3.15. The Morgan fingerprint density at radius 1 is 1.00 bits per heavy atom. The predicted molar refractivity (Wildman–Crippen MR) is 115 cm³/mol. The topological polar surface area (TPSA) is 102 Å². The van der Waals surface area contributed by atoms with Crippen molar-refractivity contribution < 1.29 is 9.72 Å². The van der Waals surface area contributed by atoms with Crippen LogP contribution in [0, 0.1) is 10.1 Å². The predicted octanol–water partition coefficient (Wildman–Crippen LogP) is 3.03. The first-order valence-electron chi connectivity index (χ1n) is 9.87. The largest absolute Gasteiger partial charge is 0.370 e. The van der Waals surface area contributed by atoms with Gasteiger partial charge in [-0.2, -0.15) is 0 Å². The number of aryl methyl sites for hydroxylation is 2. The third-order valence-corrected chi connectivity index (χ3v) is 5.67. The molecule has 0 atom stereocenters. The molecule has 1 fully saturated rings. The number of imidazole rings is 1. The van der Waals surface area contributed by atoms with Gasteiger partial charge in [0.05, 0.1) is 27.3 Å². The van der Waals surface area contributed by atoms with Gasteiger partial charge in [-0.1, -0.05) is 0 Å². The molecule has 0 bridgehead atoms. The highest BCUT2D eigenvalue weighted by atomic mass is 16.6. The van der Waals surface area contributed by atoms with Gasteiger partial charge in [0.2, 0.25) is 0 Å². The summed E-state index contributed by atoms with van der Waals surface area (Å²) >= 11 is 0. The van der Waals surface area contributed by atoms with Crippen molar-refractivity contribution in [3.05, 3.63) is 62.6 Å². The van der Waals surface area contributed by atoms with Gasteiger partial charge in [0.15, 0.2) is 0 Å². The molecule has 4 rings (SSSR count). The summed E-state index contributed by atoms with van der Waals surface area (Å²) in [6.45, 7) is 1.76. The van der Waals surface area contributed by atoms with Crippen molar-refractivity contribution >= 4 is 34.0 Å². The molecule has 0 radical (unpaired) electrons. The molecule has 0 unspecified atom stereocenters. The molecule has 1 aromatic heterocycles. The van der Waals surface area contributed by atoms with E-state index in [1.165, 1.54) is 30.7 Å². The van der Waals surface area contributed by atoms with Crippen LogP contribution in [0.1, 0.15) is 29.6 Å². The lowest BCUT2D eigenvalue weighted by Crippen LogP contribution is -2.30. The Bertz CT molecular complexity index is 1190. The molecule has 1 aliphatic heterocycles. The summed E-state index contributed by atoms with van der Waals surface area (Å²) in [5, 5.41) is 13.8. The number of rotatable bonds is 4. The van der Waals surface area contributed by atoms with Crippen LogP contribution in [0.4, 0.5) is 17.1 Å². The van der Waals surface area contributed by atoms with E-state index in [0.717, 1.165) is 42.7 Å². The molecule has 9 nitrogen and oxygen atoms in total. The molecule has 0 aliphatic carbocycles. The van der Waals surface area contributed by atoms with E-state index < -0.39 is 4.92 Å². The zero-order chi connectivity index (χ0) is 21.4. The van der Waals surface area contributed by atoms with E-state index in [0.29, 0.717) is 11.3 Å². The van der Waals surface area contributed by atoms with Crippen molar-refractivity contribution in [1.82, 2.24) is 9.13 Å². The van der Waals surface area contributed by atoms with Gasteiger partial charge < -0.3 is 10.2 Å². The molecular formula is C21H23N5O4. The lowest BCUT2D eigenvalue weighted by molar-refractivity contribution is -0.384. The summed E-state index contributed by atoms with van der Waals surface area (Å²) in [7, 11) is 3.44. The number of benzene rings is 2. The van der Waals surface area contributed by atoms with Gasteiger partial charge in [0.25, 0.3) is 11.6 Å². The van der Waals surface area contributed by atoms with Crippen molar-refractivity contribution in [2.75, 3.05) is 23.3 Å². The number of carbonyl (C=O) groups excluding carboxylic acids is 1. The molecule has 0 spiro atoms. The molecule has 2 aromatic carbocycles. The molecule has 1 saturated heterocycles. The van der Waals surface area contributed by atoms with Crippen LogP contribution >= 0.6 is 0 Å². The fourth-order valence-electron chi connectivity index (χ4n) is 3.96. The zero-order valence-corrected chi connectivity index (χ0v) is 16.9. The summed E-state index contributed by atoms with van der Waals surface area (Å²) in [6.07, 6.45) is 3.32. The Morgan fingerprint density at radius 3 is 2.20 bits per heavy atom. The van der Waals surface area contributed by atoms with Crippen molar-refractivity contribution in [2.24, 2.45) is 14.1 Å². The SMILES string of the molecule is Cn1c(=O)n(C)c2cc(N3CCCCC3)c(NC(=O)c3ccc([N+](=O)[O-])cc3)cc21. The number of nitro groups is 1. The van der Waals surface area contributed by atoms with E-state index >= 15 is 0 Å². The molecule has 3 aromatic rings. The van der Waals surface area contributed by atoms with Crippen LogP contribution in [0.2, 0.25) is 0 Å². The molecule has 1 aliphatic rings. The maximum absolute atomic E-state index is 12.9. The van der Waals surface area contributed by atoms with Gasteiger partial charge in [0.1, 0.15) is 0 Å². The Kier molecular flexibility index (Phi) is 5.03. The number of nitrogens with one attached hydrogen (secondary N) is 1. The number of anilines is 2. The number of hydrogen-bond acceptors (Lipinski definition) is 5. The maximum Gasteiger partial charge on any atom is 0.328 e. The van der Waals surface area contributed by atoms with E-state index in [1.54, 1.807) is 23.2 Å². The minimum absolute atomic E-state index is 0.0683. The quantitative estimate of drug-likeness (QED) is 0.527. The van der Waals surface area contributed by atoms with E-state index in [9.17, 15) is 19.7 Å². The number of aromatic nitrogens is 2. The van der Waals surface area contributed by atoms with Crippen LogP contribution < -0.4 is 15.9 Å². The Labute approximate surface area is 172 Å². The zero-order valence-electron chi connectivity index (χ0n) is 16.9. The van der Waals surface area contributed by atoms with Gasteiger partial charge in [-0.25, -0.2) is 4.79 Å². The average Bonchev–Trinajstić information content (AvgIpc) is 2.97. The van der Waals surface area contributed by atoms with Crippen LogP contribution in [-0.2, 0) is 14.1 Å². The summed E-state index contributed by atoms with van der Waals surface area (Å²) in [5.74, 6) is -0.358. The monoisotopic (exact) mass is 409 g/mol. The highest BCUT2D eigenvalue weighted by Crippen LogP contribution is 2.33. The summed E-state index contributed by atoms with van der Waals surface area (Å²) in [5.41, 5.74) is 3.15. The van der Waals surface area contributed by atoms with Crippen molar-refractivity contribution in [1.29, 1.82) is 0 Å². The first-order chi connectivity index (χ1) is 14.4. The number of nitrogens with zero attached hydrogens (tertiary/aromatic N) is 4. The van der Waals surface area contributed by atoms with Gasteiger partial charge >= 0.3 is 5.69 Å². The van der Waals surface area contributed by atoms with Gasteiger partial charge in [0, 0.05) is 44.9 Å². The number of fused-ring (bicyclic) bond motifs is 1. The van der Waals surface area contributed by atoms with Crippen molar-refractivity contribution in [3.8, 4) is 0 Å². The first-order valence-corrected chi connectivity index (χ1v) is 9.87. The third kappa shape index (κ3) is 3.42. The molecule has 30 heavy (non-hydrogen) atoms. The van der Waals surface area contributed by atoms with E-state index in [1.807, 2.05) is 12.1 Å². The minimum Gasteiger partial charge on any atom is -0.370 e. The van der Waals surface area contributed by atoms with Crippen LogP contribution in [-0.4, -0.2) is 33.1 Å². The van der Waals surface area contributed by atoms with Crippen molar-refractivity contribution in [2.45, 2.75) is 19.3 Å². The standard InChI is InChI=1S/C21H23N5O4/c1-23-18-12-16(22-20(27)14-6-8-15(9-7-14)26(29)30)17(25-10-4-3-5-11-25)13-19(18)24(2)21(23)28/h6-9,12-13H,3-5,10-11H2,1-2H3,(H,22,27). The van der Waals surface area contributed by atoms with Crippen molar-refractivity contribution in [3.63, 3.8) is 0 Å². The van der Waals surface area contributed by atoms with Crippen LogP contribution in [0.15, 0.2) is 41.2 Å². The highest BCUT2D eigenvalue weighted by molar-refractivity contribution is 6.07. The minimum atomic E-state index is -0.500.